The molecule has 2 aliphatic heterocycles. The maximum absolute atomic E-state index is 14.3. The predicted octanol–water partition coefficient (Wildman–Crippen LogP) is 6.86. The molecule has 2 heterocycles. The molecule has 216 valence electrons. The molecular weight excluding hydrogens is 564 g/mol. The number of anilines is 1. The van der Waals surface area contributed by atoms with E-state index in [1.54, 1.807) is 31.4 Å². The van der Waals surface area contributed by atoms with Crippen LogP contribution in [0.2, 0.25) is 10.0 Å². The Hall–Kier alpha value is -3.26. The summed E-state index contributed by atoms with van der Waals surface area (Å²) in [5.41, 5.74) is 2.96. The van der Waals surface area contributed by atoms with Crippen molar-refractivity contribution in [2.24, 2.45) is 0 Å². The summed E-state index contributed by atoms with van der Waals surface area (Å²) in [6.07, 6.45) is 1.98. The van der Waals surface area contributed by atoms with Crippen molar-refractivity contribution in [1.82, 2.24) is 10.2 Å². The second-order valence-corrected chi connectivity index (χ2v) is 11.4. The van der Waals surface area contributed by atoms with E-state index in [0.717, 1.165) is 41.2 Å². The van der Waals surface area contributed by atoms with E-state index in [1.807, 2.05) is 42.3 Å². The number of piperidine rings is 1. The van der Waals surface area contributed by atoms with Crippen molar-refractivity contribution in [3.63, 3.8) is 0 Å². The number of carbonyl (C=O) groups is 1. The summed E-state index contributed by atoms with van der Waals surface area (Å²) in [5.74, 6) is 0.562. The lowest BCUT2D eigenvalue weighted by atomic mass is 9.81. The molecular formula is C32H34Cl2FN3O3. The average molecular weight is 599 g/mol. The predicted molar refractivity (Wildman–Crippen MR) is 161 cm³/mol. The molecule has 0 aliphatic carbocycles. The lowest BCUT2D eigenvalue weighted by molar-refractivity contribution is -0.123. The molecule has 0 bridgehead atoms. The van der Waals surface area contributed by atoms with Crippen LogP contribution in [0.3, 0.4) is 0 Å². The molecule has 1 atom stereocenters. The number of likely N-dealkylation sites (tertiary alicyclic amines) is 1. The van der Waals surface area contributed by atoms with Crippen LogP contribution in [0.5, 0.6) is 5.75 Å². The van der Waals surface area contributed by atoms with Gasteiger partial charge < -0.3 is 24.6 Å². The lowest BCUT2D eigenvalue weighted by Crippen LogP contribution is -2.48. The molecule has 1 fully saturated rings. The van der Waals surface area contributed by atoms with Gasteiger partial charge in [0, 0.05) is 45.1 Å². The molecule has 1 N–H and O–H groups in total. The Kier molecular flexibility index (Phi) is 8.78. The van der Waals surface area contributed by atoms with Crippen molar-refractivity contribution >= 4 is 34.8 Å². The van der Waals surface area contributed by atoms with E-state index in [4.69, 9.17) is 32.7 Å². The zero-order valence-corrected chi connectivity index (χ0v) is 24.8. The number of hydrogen-bond acceptors (Lipinski definition) is 5. The van der Waals surface area contributed by atoms with Gasteiger partial charge in [0.25, 0.3) is 0 Å². The van der Waals surface area contributed by atoms with Crippen LogP contribution in [-0.2, 0) is 21.7 Å². The first-order valence-corrected chi connectivity index (χ1v) is 14.4. The van der Waals surface area contributed by atoms with E-state index < -0.39 is 11.5 Å². The standard InChI is InChI=1S/C32H34Cl2FN3O3/c1-21-37(2)30-11-7-24(35)19-27(30)32(41-21)13-16-38(17-14-32)15-12-26(23-6-10-28(33)29(34)18-23)31(39)36-20-22-4-8-25(40-3)9-5-22/h4-11,18-19,26H,1,12-17,20H2,2-3H3,(H,36,39). The number of fused-ring (bicyclic) bond motifs is 2. The largest absolute Gasteiger partial charge is 0.497 e. The Bertz CT molecular complexity index is 1420. The fraction of sp³-hybridized carbons (Fsp3) is 0.344. The first kappa shape index (κ1) is 29.2. The molecule has 5 rings (SSSR count). The van der Waals surface area contributed by atoms with Crippen LogP contribution in [0.15, 0.2) is 73.1 Å². The van der Waals surface area contributed by atoms with E-state index in [-0.39, 0.29) is 11.7 Å². The summed E-state index contributed by atoms with van der Waals surface area (Å²) < 4.78 is 25.8. The van der Waals surface area contributed by atoms with Crippen molar-refractivity contribution in [1.29, 1.82) is 0 Å². The topological polar surface area (TPSA) is 54.0 Å². The van der Waals surface area contributed by atoms with Gasteiger partial charge in [-0.3, -0.25) is 4.79 Å². The van der Waals surface area contributed by atoms with Gasteiger partial charge in [-0.25, -0.2) is 4.39 Å². The number of methoxy groups -OCH3 is 1. The van der Waals surface area contributed by atoms with Gasteiger partial charge in [0.15, 0.2) is 5.88 Å². The molecule has 3 aromatic rings. The normalized spacial score (nSPS) is 17.1. The maximum atomic E-state index is 14.3. The molecule has 41 heavy (non-hydrogen) atoms. The molecule has 1 spiro atoms. The highest BCUT2D eigenvalue weighted by Gasteiger charge is 2.44. The van der Waals surface area contributed by atoms with Crippen LogP contribution in [0.1, 0.15) is 41.9 Å². The van der Waals surface area contributed by atoms with Crippen LogP contribution < -0.4 is 15.0 Å². The fourth-order valence-corrected chi connectivity index (χ4v) is 6.01. The van der Waals surface area contributed by atoms with Gasteiger partial charge in [-0.05, 0) is 73.1 Å². The van der Waals surface area contributed by atoms with Gasteiger partial charge in [0.05, 0.1) is 28.8 Å². The highest BCUT2D eigenvalue weighted by Crippen LogP contribution is 2.47. The molecule has 1 amide bonds. The zero-order valence-electron chi connectivity index (χ0n) is 23.3. The Morgan fingerprint density at radius 1 is 1.10 bits per heavy atom. The smallest absolute Gasteiger partial charge is 0.227 e. The van der Waals surface area contributed by atoms with E-state index >= 15 is 0 Å². The molecule has 2 aliphatic rings. The quantitative estimate of drug-likeness (QED) is 0.307. The first-order valence-electron chi connectivity index (χ1n) is 13.7. The Balaban J connectivity index is 1.27. The van der Waals surface area contributed by atoms with Crippen molar-refractivity contribution < 1.29 is 18.7 Å². The summed E-state index contributed by atoms with van der Waals surface area (Å²) >= 11 is 12.5. The maximum Gasteiger partial charge on any atom is 0.227 e. The molecule has 9 heteroatoms. The summed E-state index contributed by atoms with van der Waals surface area (Å²) in [6, 6.07) is 17.8. The van der Waals surface area contributed by atoms with Crippen LogP contribution >= 0.6 is 23.2 Å². The van der Waals surface area contributed by atoms with Gasteiger partial charge in [0.1, 0.15) is 17.2 Å². The van der Waals surface area contributed by atoms with E-state index in [0.29, 0.717) is 48.3 Å². The van der Waals surface area contributed by atoms with Crippen LogP contribution in [0.4, 0.5) is 10.1 Å². The van der Waals surface area contributed by atoms with Gasteiger partial charge in [0.2, 0.25) is 5.91 Å². The van der Waals surface area contributed by atoms with Gasteiger partial charge in [-0.2, -0.15) is 0 Å². The fourth-order valence-electron chi connectivity index (χ4n) is 5.70. The third kappa shape index (κ3) is 6.32. The number of carbonyl (C=O) groups excluding carboxylic acids is 1. The van der Waals surface area contributed by atoms with E-state index in [2.05, 4.69) is 16.8 Å². The van der Waals surface area contributed by atoms with Crippen LogP contribution in [0.25, 0.3) is 0 Å². The summed E-state index contributed by atoms with van der Waals surface area (Å²) in [4.78, 5) is 17.7. The van der Waals surface area contributed by atoms with Crippen LogP contribution in [-0.4, -0.2) is 44.6 Å². The highest BCUT2D eigenvalue weighted by atomic mass is 35.5. The molecule has 0 saturated carbocycles. The van der Waals surface area contributed by atoms with Crippen molar-refractivity contribution in [2.75, 3.05) is 38.7 Å². The Labute approximate surface area is 250 Å². The third-order valence-corrected chi connectivity index (χ3v) is 8.92. The summed E-state index contributed by atoms with van der Waals surface area (Å²) in [6.45, 7) is 6.68. The highest BCUT2D eigenvalue weighted by molar-refractivity contribution is 6.42. The minimum absolute atomic E-state index is 0.0768. The zero-order chi connectivity index (χ0) is 29.1. The second-order valence-electron chi connectivity index (χ2n) is 10.6. The van der Waals surface area contributed by atoms with Gasteiger partial charge in [-0.1, -0.05) is 41.4 Å². The number of halogens is 3. The SMILES string of the molecule is C=C1OC2(CCN(CCC(C(=O)NCc3ccc(OC)cc3)c3ccc(Cl)c(Cl)c3)CC2)c2cc(F)ccc2N1C. The lowest BCUT2D eigenvalue weighted by Gasteiger charge is -2.48. The number of nitrogens with zero attached hydrogens (tertiary/aromatic N) is 2. The molecule has 1 saturated heterocycles. The van der Waals surface area contributed by atoms with Crippen molar-refractivity contribution in [2.45, 2.75) is 37.3 Å². The van der Waals surface area contributed by atoms with E-state index in [1.165, 1.54) is 6.07 Å². The molecule has 0 radical (unpaired) electrons. The number of rotatable bonds is 8. The summed E-state index contributed by atoms with van der Waals surface area (Å²) in [5, 5.41) is 3.95. The molecule has 3 aromatic carbocycles. The summed E-state index contributed by atoms with van der Waals surface area (Å²) in [7, 11) is 3.50. The van der Waals surface area contributed by atoms with Gasteiger partial charge >= 0.3 is 0 Å². The average Bonchev–Trinajstić information content (AvgIpc) is 2.98. The Morgan fingerprint density at radius 3 is 2.51 bits per heavy atom. The van der Waals surface area contributed by atoms with E-state index in [9.17, 15) is 9.18 Å². The minimum Gasteiger partial charge on any atom is -0.497 e. The number of amides is 1. The number of nitrogens with one attached hydrogen (secondary N) is 1. The molecule has 1 unspecified atom stereocenters. The number of hydrogen-bond donors (Lipinski definition) is 1. The third-order valence-electron chi connectivity index (χ3n) is 8.18. The first-order chi connectivity index (χ1) is 19.7. The number of benzene rings is 3. The molecule has 0 aromatic heterocycles. The van der Waals surface area contributed by atoms with Crippen molar-refractivity contribution in [3.05, 3.63) is 106 Å². The Morgan fingerprint density at radius 2 is 1.83 bits per heavy atom. The second kappa shape index (κ2) is 12.3. The monoisotopic (exact) mass is 597 g/mol. The molecule has 6 nitrogen and oxygen atoms in total. The minimum atomic E-state index is -0.615. The van der Waals surface area contributed by atoms with Crippen molar-refractivity contribution in [3.8, 4) is 5.75 Å². The number of ether oxygens (including phenoxy) is 2. The van der Waals surface area contributed by atoms with Crippen LogP contribution in [0, 0.1) is 5.82 Å². The van der Waals surface area contributed by atoms with Gasteiger partial charge in [-0.15, -0.1) is 0 Å².